The highest BCUT2D eigenvalue weighted by molar-refractivity contribution is 5.32. The van der Waals surface area contributed by atoms with Gasteiger partial charge in [-0.05, 0) is 26.8 Å². The monoisotopic (exact) mass is 294 g/mol. The van der Waals surface area contributed by atoms with Crippen molar-refractivity contribution in [3.05, 3.63) is 18.0 Å². The van der Waals surface area contributed by atoms with Crippen LogP contribution in [0.1, 0.15) is 32.8 Å². The molecular formula is C15H26N4O2. The molecule has 2 N–H and O–H groups in total. The molecule has 0 spiro atoms. The van der Waals surface area contributed by atoms with Gasteiger partial charge in [0.2, 0.25) is 5.95 Å². The minimum Gasteiger partial charge on any atom is -0.394 e. The normalized spacial score (nSPS) is 21.5. The van der Waals surface area contributed by atoms with Crippen molar-refractivity contribution < 1.29 is 9.84 Å². The van der Waals surface area contributed by atoms with Gasteiger partial charge in [0.25, 0.3) is 0 Å². The molecule has 0 radical (unpaired) electrons. The number of morpholine rings is 1. The topological polar surface area (TPSA) is 70.5 Å². The van der Waals surface area contributed by atoms with Gasteiger partial charge in [-0.3, -0.25) is 0 Å². The van der Waals surface area contributed by atoms with Crippen molar-refractivity contribution in [3.63, 3.8) is 0 Å². The summed E-state index contributed by atoms with van der Waals surface area (Å²) in [6.45, 7) is 9.32. The summed E-state index contributed by atoms with van der Waals surface area (Å²) in [6.07, 6.45) is 4.65. The average Bonchev–Trinajstić information content (AvgIpc) is 2.46. The molecule has 1 unspecified atom stereocenters. The van der Waals surface area contributed by atoms with Gasteiger partial charge in [0.1, 0.15) is 0 Å². The molecule has 1 aromatic heterocycles. The third-order valence-electron chi connectivity index (χ3n) is 3.42. The van der Waals surface area contributed by atoms with Gasteiger partial charge in [-0.1, -0.05) is 6.92 Å². The van der Waals surface area contributed by atoms with Crippen LogP contribution in [0.2, 0.25) is 0 Å². The first-order valence-electron chi connectivity index (χ1n) is 7.59. The lowest BCUT2D eigenvalue weighted by Crippen LogP contribution is -2.54. The first-order valence-corrected chi connectivity index (χ1v) is 7.59. The van der Waals surface area contributed by atoms with E-state index in [2.05, 4.69) is 27.1 Å². The lowest BCUT2D eigenvalue weighted by Gasteiger charge is -2.42. The molecule has 1 fully saturated rings. The maximum absolute atomic E-state index is 9.35. The van der Waals surface area contributed by atoms with E-state index < -0.39 is 0 Å². The van der Waals surface area contributed by atoms with E-state index in [1.165, 1.54) is 0 Å². The first-order chi connectivity index (χ1) is 10.0. The number of hydrogen-bond donors (Lipinski definition) is 2. The molecule has 118 valence electrons. The van der Waals surface area contributed by atoms with Gasteiger partial charge in [-0.15, -0.1) is 0 Å². The molecule has 21 heavy (non-hydrogen) atoms. The fourth-order valence-electron chi connectivity index (χ4n) is 2.56. The summed E-state index contributed by atoms with van der Waals surface area (Å²) in [7, 11) is 0. The predicted octanol–water partition coefficient (Wildman–Crippen LogP) is 0.952. The molecule has 0 aliphatic carbocycles. The zero-order chi connectivity index (χ0) is 15.3. The molecule has 1 aliphatic heterocycles. The summed E-state index contributed by atoms with van der Waals surface area (Å²) >= 11 is 0. The van der Waals surface area contributed by atoms with E-state index in [1.807, 2.05) is 26.2 Å². The zero-order valence-corrected chi connectivity index (χ0v) is 13.2. The Hall–Kier alpha value is -1.24. The van der Waals surface area contributed by atoms with Crippen LogP contribution in [0.25, 0.3) is 0 Å². The number of nitrogens with one attached hydrogen (secondary N) is 1. The highest BCUT2D eigenvalue weighted by atomic mass is 16.5. The van der Waals surface area contributed by atoms with Gasteiger partial charge in [-0.2, -0.15) is 0 Å². The maximum atomic E-state index is 9.35. The summed E-state index contributed by atoms with van der Waals surface area (Å²) in [5.41, 5.74) is 0.773. The van der Waals surface area contributed by atoms with Gasteiger partial charge in [0.15, 0.2) is 0 Å². The Morgan fingerprint density at radius 1 is 1.43 bits per heavy atom. The van der Waals surface area contributed by atoms with Crippen molar-refractivity contribution in [1.29, 1.82) is 0 Å². The minimum atomic E-state index is -0.309. The number of aliphatic hydroxyl groups excluding tert-OH is 1. The van der Waals surface area contributed by atoms with E-state index in [1.54, 1.807) is 0 Å². The average molecular weight is 294 g/mol. The molecule has 2 heterocycles. The van der Waals surface area contributed by atoms with Crippen LogP contribution in [0.3, 0.4) is 0 Å². The molecule has 0 aromatic carbocycles. The molecule has 0 saturated carbocycles. The van der Waals surface area contributed by atoms with Crippen LogP contribution >= 0.6 is 0 Å². The van der Waals surface area contributed by atoms with E-state index in [0.29, 0.717) is 12.5 Å². The van der Waals surface area contributed by atoms with Crippen LogP contribution in [0.15, 0.2) is 12.4 Å². The molecule has 1 aliphatic rings. The van der Waals surface area contributed by atoms with Crippen molar-refractivity contribution in [1.82, 2.24) is 15.3 Å². The number of ether oxygens (including phenoxy) is 1. The Balaban J connectivity index is 2.00. The van der Waals surface area contributed by atoms with Crippen molar-refractivity contribution in [2.45, 2.75) is 45.4 Å². The number of nitrogens with zero attached hydrogens (tertiary/aromatic N) is 3. The van der Waals surface area contributed by atoms with Gasteiger partial charge in [0, 0.05) is 37.6 Å². The van der Waals surface area contributed by atoms with Crippen LogP contribution in [-0.4, -0.2) is 53.0 Å². The first kappa shape index (κ1) is 16.1. The van der Waals surface area contributed by atoms with E-state index in [-0.39, 0.29) is 18.3 Å². The Morgan fingerprint density at radius 2 is 2.14 bits per heavy atom. The van der Waals surface area contributed by atoms with Crippen molar-refractivity contribution in [2.24, 2.45) is 0 Å². The standard InChI is InChI=1S/C15H26N4O2/c1-4-5-16-6-12-7-17-14(18-8-12)19-9-13(10-20)21-15(2,3)11-19/h7-8,13,16,20H,4-6,9-11H2,1-3H3. The van der Waals surface area contributed by atoms with Crippen LogP contribution in [-0.2, 0) is 11.3 Å². The maximum Gasteiger partial charge on any atom is 0.225 e. The van der Waals surface area contributed by atoms with Crippen LogP contribution in [0, 0.1) is 0 Å². The number of hydrogen-bond acceptors (Lipinski definition) is 6. The molecular weight excluding hydrogens is 268 g/mol. The Bertz CT molecular complexity index is 436. The van der Waals surface area contributed by atoms with Gasteiger partial charge in [0.05, 0.1) is 18.3 Å². The zero-order valence-electron chi connectivity index (χ0n) is 13.2. The second-order valence-corrected chi connectivity index (χ2v) is 6.13. The highest BCUT2D eigenvalue weighted by Crippen LogP contribution is 2.23. The summed E-state index contributed by atoms with van der Waals surface area (Å²) in [5.74, 6) is 0.698. The number of aromatic nitrogens is 2. The van der Waals surface area contributed by atoms with Crippen LogP contribution < -0.4 is 10.2 Å². The smallest absolute Gasteiger partial charge is 0.225 e. The molecule has 6 heteroatoms. The molecule has 0 amide bonds. The van der Waals surface area contributed by atoms with E-state index in [9.17, 15) is 5.11 Å². The summed E-state index contributed by atoms with van der Waals surface area (Å²) in [6, 6.07) is 0. The molecule has 6 nitrogen and oxygen atoms in total. The number of aliphatic hydroxyl groups is 1. The fourth-order valence-corrected chi connectivity index (χ4v) is 2.56. The quantitative estimate of drug-likeness (QED) is 0.761. The number of rotatable bonds is 6. The second-order valence-electron chi connectivity index (χ2n) is 6.13. The van der Waals surface area contributed by atoms with Gasteiger partial charge >= 0.3 is 0 Å². The fraction of sp³-hybridized carbons (Fsp3) is 0.733. The Kier molecular flexibility index (Phi) is 5.50. The lowest BCUT2D eigenvalue weighted by atomic mass is 10.1. The molecule has 1 aromatic rings. The largest absolute Gasteiger partial charge is 0.394 e. The Labute approximate surface area is 126 Å². The predicted molar refractivity (Wildman–Crippen MR) is 82.3 cm³/mol. The van der Waals surface area contributed by atoms with Gasteiger partial charge < -0.3 is 20.1 Å². The highest BCUT2D eigenvalue weighted by Gasteiger charge is 2.34. The lowest BCUT2D eigenvalue weighted by molar-refractivity contribution is -0.101. The van der Waals surface area contributed by atoms with Crippen molar-refractivity contribution in [2.75, 3.05) is 31.1 Å². The minimum absolute atomic E-state index is 0.0128. The third-order valence-corrected chi connectivity index (χ3v) is 3.42. The van der Waals surface area contributed by atoms with E-state index >= 15 is 0 Å². The van der Waals surface area contributed by atoms with Crippen molar-refractivity contribution >= 4 is 5.95 Å². The van der Waals surface area contributed by atoms with Crippen LogP contribution in [0.4, 0.5) is 5.95 Å². The Morgan fingerprint density at radius 3 is 2.76 bits per heavy atom. The SMILES string of the molecule is CCCNCc1cnc(N2CC(CO)OC(C)(C)C2)nc1. The third kappa shape index (κ3) is 4.62. The molecule has 1 saturated heterocycles. The van der Waals surface area contributed by atoms with Gasteiger partial charge in [-0.25, -0.2) is 9.97 Å². The van der Waals surface area contributed by atoms with E-state index in [4.69, 9.17) is 4.74 Å². The molecule has 1 atom stereocenters. The molecule has 2 rings (SSSR count). The molecule has 0 bridgehead atoms. The summed E-state index contributed by atoms with van der Waals surface area (Å²) in [5, 5.41) is 12.7. The second kappa shape index (κ2) is 7.15. The number of anilines is 1. The summed E-state index contributed by atoms with van der Waals surface area (Å²) < 4.78 is 5.81. The summed E-state index contributed by atoms with van der Waals surface area (Å²) in [4.78, 5) is 11.0. The van der Waals surface area contributed by atoms with E-state index in [0.717, 1.165) is 31.6 Å². The van der Waals surface area contributed by atoms with Crippen molar-refractivity contribution in [3.8, 4) is 0 Å². The van der Waals surface area contributed by atoms with Crippen LogP contribution in [0.5, 0.6) is 0 Å².